The van der Waals surface area contributed by atoms with Crippen molar-refractivity contribution in [2.24, 2.45) is 0 Å². The average Bonchev–Trinajstić information content (AvgIpc) is 3.01. The van der Waals surface area contributed by atoms with E-state index in [0.717, 1.165) is 18.8 Å². The van der Waals surface area contributed by atoms with Crippen molar-refractivity contribution in [1.29, 1.82) is 0 Å². The summed E-state index contributed by atoms with van der Waals surface area (Å²) in [7, 11) is 0. The molecule has 24 heavy (non-hydrogen) atoms. The van der Waals surface area contributed by atoms with Crippen LogP contribution in [0.1, 0.15) is 37.5 Å². The summed E-state index contributed by atoms with van der Waals surface area (Å²) in [6.45, 7) is 8.50. The van der Waals surface area contributed by atoms with E-state index < -0.39 is 0 Å². The van der Waals surface area contributed by atoms with Crippen LogP contribution >= 0.6 is 0 Å². The Balaban J connectivity index is 2.03. The Kier molecular flexibility index (Phi) is 3.69. The van der Waals surface area contributed by atoms with Crippen LogP contribution < -0.4 is 15.9 Å². The Morgan fingerprint density at radius 1 is 1.00 bits per heavy atom. The summed E-state index contributed by atoms with van der Waals surface area (Å²) in [6.07, 6.45) is 0. The van der Waals surface area contributed by atoms with E-state index in [1.807, 2.05) is 0 Å². The van der Waals surface area contributed by atoms with Crippen LogP contribution in [0.3, 0.4) is 0 Å². The molecule has 4 heteroatoms. The van der Waals surface area contributed by atoms with Crippen molar-refractivity contribution in [3.8, 4) is 0 Å². The molecule has 0 amide bonds. The third-order valence-electron chi connectivity index (χ3n) is 4.86. The van der Waals surface area contributed by atoms with Crippen molar-refractivity contribution in [3.63, 3.8) is 0 Å². The molecule has 2 N–H and O–H groups in total. The topological polar surface area (TPSA) is 30.5 Å². The highest BCUT2D eigenvalue weighted by atomic mass is 15.7. The molecule has 0 fully saturated rings. The number of nitrogens with one attached hydrogen (secondary N) is 2. The second kappa shape index (κ2) is 5.87. The number of hydrazine groups is 2. The zero-order chi connectivity index (χ0) is 16.7. The number of para-hydroxylation sites is 1. The van der Waals surface area contributed by atoms with Crippen molar-refractivity contribution in [3.05, 3.63) is 65.2 Å². The summed E-state index contributed by atoms with van der Waals surface area (Å²) < 4.78 is 0. The first-order valence-corrected chi connectivity index (χ1v) is 8.68. The summed E-state index contributed by atoms with van der Waals surface area (Å²) in [4.78, 5) is 2.48. The lowest BCUT2D eigenvalue weighted by Gasteiger charge is -2.34. The van der Waals surface area contributed by atoms with Gasteiger partial charge in [-0.3, -0.25) is 5.01 Å². The summed E-state index contributed by atoms with van der Waals surface area (Å²) in [5.41, 5.74) is 14.3. The highest BCUT2D eigenvalue weighted by Gasteiger charge is 2.30. The number of hydrogen-bond donors (Lipinski definition) is 2. The van der Waals surface area contributed by atoms with Crippen LogP contribution in [-0.4, -0.2) is 17.6 Å². The van der Waals surface area contributed by atoms with Gasteiger partial charge in [0.1, 0.15) is 0 Å². The molecule has 0 unspecified atom stereocenters. The summed E-state index contributed by atoms with van der Waals surface area (Å²) >= 11 is 0. The highest BCUT2D eigenvalue weighted by Crippen LogP contribution is 2.39. The molecule has 124 valence electrons. The maximum Gasteiger partial charge on any atom is 0.0865 e. The molecular weight excluding hydrogens is 296 g/mol. The molecule has 2 heterocycles. The normalized spacial score (nSPS) is 16.3. The van der Waals surface area contributed by atoms with Crippen molar-refractivity contribution in [1.82, 2.24) is 16.0 Å². The SMILES string of the molecule is CCN1NNC2=C1c1ccccc1CN(C(C)C)c1ccccc12. The van der Waals surface area contributed by atoms with Crippen LogP contribution in [0.15, 0.2) is 48.5 Å². The number of anilines is 1. The number of benzene rings is 2. The van der Waals surface area contributed by atoms with E-state index in [9.17, 15) is 0 Å². The van der Waals surface area contributed by atoms with Crippen LogP contribution in [0.4, 0.5) is 5.69 Å². The quantitative estimate of drug-likeness (QED) is 0.885. The smallest absolute Gasteiger partial charge is 0.0865 e. The van der Waals surface area contributed by atoms with E-state index in [0.29, 0.717) is 6.04 Å². The van der Waals surface area contributed by atoms with E-state index in [4.69, 9.17) is 0 Å². The Labute approximate surface area is 143 Å². The van der Waals surface area contributed by atoms with Crippen molar-refractivity contribution in [2.45, 2.75) is 33.4 Å². The summed E-state index contributed by atoms with van der Waals surface area (Å²) in [6, 6.07) is 17.8. The van der Waals surface area contributed by atoms with Crippen LogP contribution in [0.25, 0.3) is 11.4 Å². The summed E-state index contributed by atoms with van der Waals surface area (Å²) in [5, 5.41) is 2.19. The number of hydrogen-bond acceptors (Lipinski definition) is 4. The first-order chi connectivity index (χ1) is 11.7. The van der Waals surface area contributed by atoms with Gasteiger partial charge in [-0.1, -0.05) is 42.5 Å². The largest absolute Gasteiger partial charge is 0.364 e. The van der Waals surface area contributed by atoms with Crippen molar-refractivity contribution < 1.29 is 0 Å². The molecule has 4 rings (SSSR count). The monoisotopic (exact) mass is 320 g/mol. The summed E-state index contributed by atoms with van der Waals surface area (Å²) in [5.74, 6) is 0. The molecule has 0 atom stereocenters. The number of rotatable bonds is 2. The van der Waals surface area contributed by atoms with Gasteiger partial charge in [0.25, 0.3) is 0 Å². The molecule has 0 saturated carbocycles. The van der Waals surface area contributed by atoms with E-state index in [1.54, 1.807) is 0 Å². The van der Waals surface area contributed by atoms with E-state index in [-0.39, 0.29) is 0 Å². The Morgan fingerprint density at radius 2 is 1.71 bits per heavy atom. The predicted octanol–water partition coefficient (Wildman–Crippen LogP) is 3.59. The van der Waals surface area contributed by atoms with Gasteiger partial charge in [-0.15, -0.1) is 5.53 Å². The fraction of sp³-hybridized carbons (Fsp3) is 0.300. The lowest BCUT2D eigenvalue weighted by molar-refractivity contribution is 0.302. The minimum Gasteiger partial charge on any atom is -0.364 e. The molecule has 2 aromatic carbocycles. The molecule has 2 aromatic rings. The maximum atomic E-state index is 3.41. The van der Waals surface area contributed by atoms with Gasteiger partial charge >= 0.3 is 0 Å². The zero-order valence-corrected chi connectivity index (χ0v) is 14.5. The van der Waals surface area contributed by atoms with Gasteiger partial charge in [0.15, 0.2) is 0 Å². The van der Waals surface area contributed by atoms with E-state index in [2.05, 4.69) is 90.2 Å². The fourth-order valence-corrected chi connectivity index (χ4v) is 3.64. The van der Waals surface area contributed by atoms with E-state index >= 15 is 0 Å². The Hall–Kier alpha value is -2.46. The van der Waals surface area contributed by atoms with Gasteiger partial charge in [0, 0.05) is 35.9 Å². The van der Waals surface area contributed by atoms with Crippen LogP contribution in [0, 0.1) is 0 Å². The third-order valence-corrected chi connectivity index (χ3v) is 4.86. The van der Waals surface area contributed by atoms with Crippen molar-refractivity contribution >= 4 is 17.1 Å². The first kappa shape index (κ1) is 15.1. The van der Waals surface area contributed by atoms with Crippen LogP contribution in [-0.2, 0) is 6.54 Å². The number of fused-ring (bicyclic) bond motifs is 4. The van der Waals surface area contributed by atoms with Gasteiger partial charge < -0.3 is 10.3 Å². The fourth-order valence-electron chi connectivity index (χ4n) is 3.64. The molecule has 0 spiro atoms. The van der Waals surface area contributed by atoms with Gasteiger partial charge in [-0.2, -0.15) is 0 Å². The number of nitrogens with zero attached hydrogens (tertiary/aromatic N) is 2. The average molecular weight is 320 g/mol. The molecule has 2 aliphatic rings. The maximum absolute atomic E-state index is 3.41. The minimum atomic E-state index is 0.429. The molecule has 2 aliphatic heterocycles. The molecule has 0 aliphatic carbocycles. The van der Waals surface area contributed by atoms with Crippen LogP contribution in [0.5, 0.6) is 0 Å². The molecular formula is C20H24N4. The zero-order valence-electron chi connectivity index (χ0n) is 14.5. The first-order valence-electron chi connectivity index (χ1n) is 8.68. The van der Waals surface area contributed by atoms with Gasteiger partial charge in [-0.05, 0) is 32.4 Å². The second-order valence-corrected chi connectivity index (χ2v) is 6.60. The standard InChI is InChI=1S/C20H24N4/c1-4-24-20-16-10-6-5-9-15(16)13-23(14(2)3)18-12-8-7-11-17(18)19(20)21-22-24/h5-12,14,21-22H,4,13H2,1-3H3. The second-order valence-electron chi connectivity index (χ2n) is 6.60. The van der Waals surface area contributed by atoms with Gasteiger partial charge in [0.05, 0.1) is 11.4 Å². The molecule has 0 aromatic heterocycles. The minimum absolute atomic E-state index is 0.429. The highest BCUT2D eigenvalue weighted by molar-refractivity contribution is 5.95. The van der Waals surface area contributed by atoms with Gasteiger partial charge in [0.2, 0.25) is 0 Å². The molecule has 0 bridgehead atoms. The lowest BCUT2D eigenvalue weighted by Crippen LogP contribution is -2.37. The molecule has 0 radical (unpaired) electrons. The van der Waals surface area contributed by atoms with Crippen LogP contribution in [0.2, 0.25) is 0 Å². The third kappa shape index (κ3) is 2.26. The molecule has 4 nitrogen and oxygen atoms in total. The Bertz CT molecular complexity index is 794. The van der Waals surface area contributed by atoms with Gasteiger partial charge in [-0.25, -0.2) is 0 Å². The predicted molar refractivity (Wildman–Crippen MR) is 99.7 cm³/mol. The van der Waals surface area contributed by atoms with E-state index in [1.165, 1.54) is 28.1 Å². The van der Waals surface area contributed by atoms with Crippen molar-refractivity contribution in [2.75, 3.05) is 11.4 Å². The Morgan fingerprint density at radius 3 is 2.46 bits per heavy atom. The molecule has 0 saturated heterocycles. The lowest BCUT2D eigenvalue weighted by atomic mass is 9.95.